The number of nitriles is 1. The Hall–Kier alpha value is -2.59. The SMILES string of the molecule is Cc1ccoc1C(=O)OC(C)C(=O)Nc1sccc1C#N. The monoisotopic (exact) mass is 304 g/mol. The van der Waals surface area contributed by atoms with E-state index in [1.165, 1.54) is 24.5 Å². The lowest BCUT2D eigenvalue weighted by Gasteiger charge is -2.12. The number of furan rings is 1. The van der Waals surface area contributed by atoms with Crippen molar-refractivity contribution in [1.29, 1.82) is 5.26 Å². The fraction of sp³-hybridized carbons (Fsp3) is 0.214. The first-order chi connectivity index (χ1) is 10.0. The molecule has 1 atom stereocenters. The van der Waals surface area contributed by atoms with Crippen LogP contribution < -0.4 is 5.32 Å². The van der Waals surface area contributed by atoms with Crippen LogP contribution in [0.3, 0.4) is 0 Å². The Morgan fingerprint density at radius 1 is 1.48 bits per heavy atom. The third-order valence-corrected chi connectivity index (χ3v) is 3.55. The molecule has 2 heterocycles. The first kappa shape index (κ1) is 14.8. The van der Waals surface area contributed by atoms with Crippen LogP contribution in [0.2, 0.25) is 0 Å². The van der Waals surface area contributed by atoms with Crippen molar-refractivity contribution in [3.05, 3.63) is 40.7 Å². The van der Waals surface area contributed by atoms with E-state index in [4.69, 9.17) is 14.4 Å². The second-order valence-electron chi connectivity index (χ2n) is 4.24. The van der Waals surface area contributed by atoms with Crippen LogP contribution in [0.15, 0.2) is 28.2 Å². The van der Waals surface area contributed by atoms with E-state index in [0.29, 0.717) is 16.1 Å². The molecule has 108 valence electrons. The molecule has 0 fully saturated rings. The Balaban J connectivity index is 1.99. The van der Waals surface area contributed by atoms with Gasteiger partial charge in [0, 0.05) is 5.56 Å². The van der Waals surface area contributed by atoms with Crippen LogP contribution in [0.4, 0.5) is 5.00 Å². The van der Waals surface area contributed by atoms with Gasteiger partial charge < -0.3 is 14.5 Å². The number of carbonyl (C=O) groups excluding carboxylic acids is 2. The highest BCUT2D eigenvalue weighted by atomic mass is 32.1. The minimum Gasteiger partial charge on any atom is -0.457 e. The highest BCUT2D eigenvalue weighted by Crippen LogP contribution is 2.22. The molecule has 0 aliphatic carbocycles. The maximum atomic E-state index is 11.9. The minimum atomic E-state index is -1.00. The van der Waals surface area contributed by atoms with Crippen LogP contribution in [0.1, 0.15) is 28.6 Å². The van der Waals surface area contributed by atoms with Gasteiger partial charge in [0.1, 0.15) is 11.1 Å². The molecule has 1 amide bonds. The molecule has 0 aromatic carbocycles. The van der Waals surface area contributed by atoms with Crippen molar-refractivity contribution in [3.63, 3.8) is 0 Å². The Labute approximate surface area is 124 Å². The number of hydrogen-bond donors (Lipinski definition) is 1. The number of anilines is 1. The number of esters is 1. The standard InChI is InChI=1S/C14H12N2O4S/c1-8-3-5-19-11(8)14(18)20-9(2)12(17)16-13-10(7-15)4-6-21-13/h3-6,9H,1-2H3,(H,16,17). The molecule has 1 unspecified atom stereocenters. The number of ether oxygens (including phenoxy) is 1. The van der Waals surface area contributed by atoms with E-state index < -0.39 is 18.0 Å². The van der Waals surface area contributed by atoms with Crippen LogP contribution in [0.5, 0.6) is 0 Å². The summed E-state index contributed by atoms with van der Waals surface area (Å²) >= 11 is 1.23. The summed E-state index contributed by atoms with van der Waals surface area (Å²) in [4.78, 5) is 23.8. The molecular formula is C14H12N2O4S. The van der Waals surface area contributed by atoms with Gasteiger partial charge >= 0.3 is 5.97 Å². The quantitative estimate of drug-likeness (QED) is 0.877. The van der Waals surface area contributed by atoms with E-state index in [0.717, 1.165) is 0 Å². The average Bonchev–Trinajstić information content (AvgIpc) is 3.07. The van der Waals surface area contributed by atoms with Crippen LogP contribution in [-0.2, 0) is 9.53 Å². The van der Waals surface area contributed by atoms with Crippen molar-refractivity contribution in [2.75, 3.05) is 5.32 Å². The third-order valence-electron chi connectivity index (χ3n) is 2.72. The lowest BCUT2D eigenvalue weighted by molar-refractivity contribution is -0.123. The van der Waals surface area contributed by atoms with Gasteiger partial charge in [-0.3, -0.25) is 4.79 Å². The van der Waals surface area contributed by atoms with Crippen LogP contribution >= 0.6 is 11.3 Å². The van der Waals surface area contributed by atoms with Gasteiger partial charge in [-0.2, -0.15) is 5.26 Å². The molecule has 0 saturated heterocycles. The van der Waals surface area contributed by atoms with Crippen LogP contribution in [0, 0.1) is 18.3 Å². The minimum absolute atomic E-state index is 0.0727. The third kappa shape index (κ3) is 3.30. The lowest BCUT2D eigenvalue weighted by atomic mass is 10.3. The van der Waals surface area contributed by atoms with E-state index in [1.807, 2.05) is 6.07 Å². The fourth-order valence-electron chi connectivity index (χ4n) is 1.56. The number of thiophene rings is 1. The zero-order valence-corrected chi connectivity index (χ0v) is 12.2. The molecule has 0 aliphatic rings. The van der Waals surface area contributed by atoms with Crippen molar-refractivity contribution in [1.82, 2.24) is 0 Å². The second kappa shape index (κ2) is 6.24. The van der Waals surface area contributed by atoms with Gasteiger partial charge in [-0.25, -0.2) is 4.79 Å². The normalized spacial score (nSPS) is 11.5. The summed E-state index contributed by atoms with van der Waals surface area (Å²) in [6.07, 6.45) is 0.372. The summed E-state index contributed by atoms with van der Waals surface area (Å²) in [5.74, 6) is -1.14. The molecule has 0 bridgehead atoms. The van der Waals surface area contributed by atoms with E-state index in [-0.39, 0.29) is 5.76 Å². The Morgan fingerprint density at radius 2 is 2.24 bits per heavy atom. The molecule has 1 N–H and O–H groups in total. The summed E-state index contributed by atoms with van der Waals surface area (Å²) < 4.78 is 10.0. The number of nitrogens with one attached hydrogen (secondary N) is 1. The van der Waals surface area contributed by atoms with Crippen molar-refractivity contribution >= 4 is 28.2 Å². The molecule has 2 aromatic heterocycles. The number of amides is 1. The summed E-state index contributed by atoms with van der Waals surface area (Å²) in [6, 6.07) is 5.19. The number of rotatable bonds is 4. The van der Waals surface area contributed by atoms with Gasteiger partial charge in [0.25, 0.3) is 5.91 Å². The molecule has 6 nitrogen and oxygen atoms in total. The van der Waals surface area contributed by atoms with Crippen molar-refractivity contribution in [2.45, 2.75) is 20.0 Å². The van der Waals surface area contributed by atoms with Gasteiger partial charge in [-0.1, -0.05) is 0 Å². The maximum absolute atomic E-state index is 11.9. The van der Waals surface area contributed by atoms with Gasteiger partial charge in [-0.05, 0) is 31.4 Å². The molecule has 7 heteroatoms. The van der Waals surface area contributed by atoms with E-state index in [9.17, 15) is 9.59 Å². The predicted octanol–water partition coefficient (Wildman–Crippen LogP) is 2.71. The molecular weight excluding hydrogens is 292 g/mol. The smallest absolute Gasteiger partial charge is 0.375 e. The number of hydrogen-bond acceptors (Lipinski definition) is 6. The summed E-state index contributed by atoms with van der Waals surface area (Å²) in [5, 5.41) is 13.5. The van der Waals surface area contributed by atoms with Crippen LogP contribution in [0.25, 0.3) is 0 Å². The molecule has 0 spiro atoms. The van der Waals surface area contributed by atoms with E-state index in [1.54, 1.807) is 24.4 Å². The zero-order valence-electron chi connectivity index (χ0n) is 11.4. The molecule has 2 rings (SSSR count). The van der Waals surface area contributed by atoms with Crippen molar-refractivity contribution < 1.29 is 18.7 Å². The zero-order chi connectivity index (χ0) is 15.4. The maximum Gasteiger partial charge on any atom is 0.375 e. The topological polar surface area (TPSA) is 92.3 Å². The van der Waals surface area contributed by atoms with E-state index >= 15 is 0 Å². The average molecular weight is 304 g/mol. The molecule has 0 radical (unpaired) electrons. The summed E-state index contributed by atoms with van der Waals surface area (Å²) in [6.45, 7) is 3.15. The second-order valence-corrected chi connectivity index (χ2v) is 5.16. The number of nitrogens with zero attached hydrogens (tertiary/aromatic N) is 1. The van der Waals surface area contributed by atoms with Gasteiger partial charge in [0.05, 0.1) is 11.8 Å². The fourth-order valence-corrected chi connectivity index (χ4v) is 2.30. The van der Waals surface area contributed by atoms with Crippen molar-refractivity contribution in [2.24, 2.45) is 0 Å². The largest absolute Gasteiger partial charge is 0.457 e. The highest BCUT2D eigenvalue weighted by Gasteiger charge is 2.22. The van der Waals surface area contributed by atoms with Crippen molar-refractivity contribution in [3.8, 4) is 6.07 Å². The van der Waals surface area contributed by atoms with Gasteiger partial charge in [0.2, 0.25) is 5.76 Å². The van der Waals surface area contributed by atoms with E-state index in [2.05, 4.69) is 5.32 Å². The number of aryl methyl sites for hydroxylation is 1. The first-order valence-corrected chi connectivity index (χ1v) is 6.94. The first-order valence-electron chi connectivity index (χ1n) is 6.06. The highest BCUT2D eigenvalue weighted by molar-refractivity contribution is 7.14. The molecule has 0 saturated carbocycles. The van der Waals surface area contributed by atoms with Crippen LogP contribution in [-0.4, -0.2) is 18.0 Å². The molecule has 21 heavy (non-hydrogen) atoms. The summed E-state index contributed by atoms with van der Waals surface area (Å²) in [7, 11) is 0. The molecule has 2 aromatic rings. The Morgan fingerprint density at radius 3 is 2.86 bits per heavy atom. The lowest BCUT2D eigenvalue weighted by Crippen LogP contribution is -2.30. The Kier molecular flexibility index (Phi) is 4.40. The Bertz CT molecular complexity index is 711. The predicted molar refractivity (Wildman–Crippen MR) is 76.0 cm³/mol. The van der Waals surface area contributed by atoms with Gasteiger partial charge in [-0.15, -0.1) is 11.3 Å². The summed E-state index contributed by atoms with van der Waals surface area (Å²) in [5.41, 5.74) is 1.01. The molecule has 0 aliphatic heterocycles. The van der Waals surface area contributed by atoms with Gasteiger partial charge in [0.15, 0.2) is 6.10 Å². The number of carbonyl (C=O) groups is 2.